The molecule has 0 aromatic heterocycles. The molecule has 1 aliphatic heterocycles. The first kappa shape index (κ1) is 14.4. The quantitative estimate of drug-likeness (QED) is 0.863. The van der Waals surface area contributed by atoms with Gasteiger partial charge in [0.1, 0.15) is 5.75 Å². The second-order valence-electron chi connectivity index (χ2n) is 4.87. The van der Waals surface area contributed by atoms with Gasteiger partial charge in [-0.15, -0.1) is 0 Å². The molecule has 0 saturated carbocycles. The van der Waals surface area contributed by atoms with Gasteiger partial charge in [0.15, 0.2) is 6.61 Å². The number of halogens is 1. The highest BCUT2D eigenvalue weighted by molar-refractivity contribution is 6.31. The molecule has 22 heavy (non-hydrogen) atoms. The number of nitrogens with zero attached hydrogens (tertiary/aromatic N) is 1. The minimum Gasteiger partial charge on any atom is -0.545 e. The molecular formula is C16H11ClNO4-. The van der Waals surface area contributed by atoms with E-state index in [2.05, 4.69) is 0 Å². The first-order chi connectivity index (χ1) is 10.5. The maximum Gasteiger partial charge on any atom is 0.265 e. The molecular weight excluding hydrogens is 306 g/mol. The summed E-state index contributed by atoms with van der Waals surface area (Å²) in [6, 6.07) is 11.3. The second kappa shape index (κ2) is 5.69. The van der Waals surface area contributed by atoms with Crippen LogP contribution >= 0.6 is 11.6 Å². The van der Waals surface area contributed by atoms with Gasteiger partial charge in [-0.3, -0.25) is 4.79 Å². The highest BCUT2D eigenvalue weighted by Crippen LogP contribution is 2.35. The summed E-state index contributed by atoms with van der Waals surface area (Å²) in [4.78, 5) is 24.6. The van der Waals surface area contributed by atoms with Crippen LogP contribution in [-0.2, 0) is 11.3 Å². The number of carboxylic acids is 1. The van der Waals surface area contributed by atoms with E-state index in [1.165, 1.54) is 17.0 Å². The molecule has 0 saturated heterocycles. The molecule has 0 N–H and O–H groups in total. The topological polar surface area (TPSA) is 69.7 Å². The maximum absolute atomic E-state index is 12.1. The Morgan fingerprint density at radius 3 is 2.86 bits per heavy atom. The van der Waals surface area contributed by atoms with Crippen molar-refractivity contribution in [2.24, 2.45) is 0 Å². The fourth-order valence-corrected chi connectivity index (χ4v) is 2.49. The zero-order valence-corrected chi connectivity index (χ0v) is 12.2. The second-order valence-corrected chi connectivity index (χ2v) is 5.30. The number of benzene rings is 2. The van der Waals surface area contributed by atoms with E-state index >= 15 is 0 Å². The Hall–Kier alpha value is -2.53. The molecule has 1 aliphatic rings. The third-order valence-electron chi connectivity index (χ3n) is 3.37. The largest absolute Gasteiger partial charge is 0.545 e. The number of amides is 1. The number of fused-ring (bicyclic) bond motifs is 1. The van der Waals surface area contributed by atoms with Crippen molar-refractivity contribution in [3.05, 3.63) is 58.6 Å². The summed E-state index contributed by atoms with van der Waals surface area (Å²) in [6.07, 6.45) is 0. The number of anilines is 1. The van der Waals surface area contributed by atoms with E-state index in [0.29, 0.717) is 22.0 Å². The normalized spacial score (nSPS) is 13.5. The van der Waals surface area contributed by atoms with Gasteiger partial charge in [-0.05, 0) is 35.4 Å². The summed E-state index contributed by atoms with van der Waals surface area (Å²) >= 11 is 5.98. The highest BCUT2D eigenvalue weighted by atomic mass is 35.5. The molecule has 0 bridgehead atoms. The summed E-state index contributed by atoms with van der Waals surface area (Å²) in [5.41, 5.74) is 1.33. The predicted molar refractivity (Wildman–Crippen MR) is 78.9 cm³/mol. The molecule has 0 unspecified atom stereocenters. The Morgan fingerprint density at radius 2 is 2.09 bits per heavy atom. The van der Waals surface area contributed by atoms with Crippen LogP contribution in [0.15, 0.2) is 42.5 Å². The lowest BCUT2D eigenvalue weighted by Crippen LogP contribution is -2.38. The lowest BCUT2D eigenvalue weighted by atomic mass is 10.1. The van der Waals surface area contributed by atoms with Crippen LogP contribution in [0.1, 0.15) is 15.9 Å². The number of rotatable bonds is 3. The van der Waals surface area contributed by atoms with Crippen LogP contribution in [0.4, 0.5) is 5.69 Å². The van der Waals surface area contributed by atoms with Crippen molar-refractivity contribution in [2.45, 2.75) is 6.54 Å². The molecule has 1 amide bonds. The van der Waals surface area contributed by atoms with Crippen LogP contribution in [0, 0.1) is 0 Å². The summed E-state index contributed by atoms with van der Waals surface area (Å²) in [5, 5.41) is 11.4. The van der Waals surface area contributed by atoms with Crippen LogP contribution in [0.5, 0.6) is 5.75 Å². The minimum absolute atomic E-state index is 0.0607. The van der Waals surface area contributed by atoms with Crippen LogP contribution in [0.3, 0.4) is 0 Å². The number of ether oxygens (including phenoxy) is 1. The third-order valence-corrected chi connectivity index (χ3v) is 3.60. The van der Waals surface area contributed by atoms with E-state index < -0.39 is 5.97 Å². The Bertz CT molecular complexity index is 760. The molecule has 6 heteroatoms. The zero-order chi connectivity index (χ0) is 15.7. The van der Waals surface area contributed by atoms with Crippen LogP contribution < -0.4 is 14.7 Å². The maximum atomic E-state index is 12.1. The average molecular weight is 317 g/mol. The van der Waals surface area contributed by atoms with E-state index in [1.807, 2.05) is 0 Å². The molecule has 3 rings (SSSR count). The number of hydrogen-bond acceptors (Lipinski definition) is 4. The Labute approximate surface area is 131 Å². The molecule has 2 aromatic carbocycles. The number of carbonyl (C=O) groups is 2. The third kappa shape index (κ3) is 2.76. The molecule has 0 radical (unpaired) electrons. The van der Waals surface area contributed by atoms with Crippen molar-refractivity contribution in [1.82, 2.24) is 0 Å². The van der Waals surface area contributed by atoms with E-state index in [9.17, 15) is 14.7 Å². The van der Waals surface area contributed by atoms with E-state index in [1.54, 1.807) is 30.3 Å². The zero-order valence-electron chi connectivity index (χ0n) is 11.4. The predicted octanol–water partition coefficient (Wildman–Crippen LogP) is 1.63. The van der Waals surface area contributed by atoms with Crippen molar-refractivity contribution in [1.29, 1.82) is 0 Å². The van der Waals surface area contributed by atoms with Gasteiger partial charge in [0.05, 0.1) is 18.2 Å². The highest BCUT2D eigenvalue weighted by Gasteiger charge is 2.25. The Balaban J connectivity index is 1.95. The SMILES string of the molecule is O=C([O-])c1cccc(CN2C(=O)COc3ccc(Cl)cc32)c1. The van der Waals surface area contributed by atoms with Gasteiger partial charge >= 0.3 is 0 Å². The molecule has 0 spiro atoms. The fraction of sp³-hybridized carbons (Fsp3) is 0.125. The molecule has 5 nitrogen and oxygen atoms in total. The van der Waals surface area contributed by atoms with Gasteiger partial charge in [-0.1, -0.05) is 29.8 Å². The van der Waals surface area contributed by atoms with Crippen molar-refractivity contribution >= 4 is 29.2 Å². The van der Waals surface area contributed by atoms with Gasteiger partial charge in [0, 0.05) is 5.02 Å². The minimum atomic E-state index is -1.25. The first-order valence-corrected chi connectivity index (χ1v) is 6.95. The lowest BCUT2D eigenvalue weighted by molar-refractivity contribution is -0.255. The van der Waals surface area contributed by atoms with Crippen LogP contribution in [0.25, 0.3) is 0 Å². The fourth-order valence-electron chi connectivity index (χ4n) is 2.33. The van der Waals surface area contributed by atoms with Gasteiger partial charge in [0.25, 0.3) is 5.91 Å². The van der Waals surface area contributed by atoms with Gasteiger partial charge in [-0.2, -0.15) is 0 Å². The molecule has 0 atom stereocenters. The molecule has 0 fully saturated rings. The van der Waals surface area contributed by atoms with Gasteiger partial charge < -0.3 is 19.5 Å². The van der Waals surface area contributed by atoms with Crippen molar-refractivity contribution in [3.8, 4) is 5.75 Å². The number of carboxylic acid groups (broad SMARTS) is 1. The molecule has 0 aliphatic carbocycles. The Morgan fingerprint density at radius 1 is 1.27 bits per heavy atom. The van der Waals surface area contributed by atoms with Crippen molar-refractivity contribution in [3.63, 3.8) is 0 Å². The van der Waals surface area contributed by atoms with Crippen LogP contribution in [-0.4, -0.2) is 18.5 Å². The van der Waals surface area contributed by atoms with Crippen molar-refractivity contribution in [2.75, 3.05) is 11.5 Å². The number of hydrogen-bond donors (Lipinski definition) is 0. The average Bonchev–Trinajstić information content (AvgIpc) is 2.50. The van der Waals surface area contributed by atoms with Gasteiger partial charge in [0.2, 0.25) is 0 Å². The Kier molecular flexibility index (Phi) is 3.73. The lowest BCUT2D eigenvalue weighted by Gasteiger charge is -2.29. The van der Waals surface area contributed by atoms with E-state index in [0.717, 1.165) is 0 Å². The molecule has 2 aromatic rings. The van der Waals surface area contributed by atoms with Crippen LogP contribution in [0.2, 0.25) is 5.02 Å². The molecule has 1 heterocycles. The van der Waals surface area contributed by atoms with Gasteiger partial charge in [-0.25, -0.2) is 0 Å². The summed E-state index contributed by atoms with van der Waals surface area (Å²) in [7, 11) is 0. The van der Waals surface area contributed by atoms with E-state index in [4.69, 9.17) is 16.3 Å². The monoisotopic (exact) mass is 316 g/mol. The standard InChI is InChI=1S/C16H12ClNO4/c17-12-4-5-14-13(7-12)18(15(19)9-22-14)8-10-2-1-3-11(6-10)16(20)21/h1-7H,8-9H2,(H,20,21)/p-1. The smallest absolute Gasteiger partial charge is 0.265 e. The summed E-state index contributed by atoms with van der Waals surface area (Å²) in [5.74, 6) is -0.896. The summed E-state index contributed by atoms with van der Waals surface area (Å²) in [6.45, 7) is 0.172. The summed E-state index contributed by atoms with van der Waals surface area (Å²) < 4.78 is 5.37. The number of aromatic carboxylic acids is 1. The molecule has 112 valence electrons. The van der Waals surface area contributed by atoms with E-state index in [-0.39, 0.29) is 24.6 Å². The number of carbonyl (C=O) groups excluding carboxylic acids is 2. The first-order valence-electron chi connectivity index (χ1n) is 6.57. The van der Waals surface area contributed by atoms with Crippen molar-refractivity contribution < 1.29 is 19.4 Å².